The normalized spacial score (nSPS) is 20.3. The Hall–Kier alpha value is -2.96. The van der Waals surface area contributed by atoms with Crippen LogP contribution in [-0.2, 0) is 11.8 Å². The summed E-state index contributed by atoms with van der Waals surface area (Å²) >= 11 is 0. The molecule has 2 amide bonds. The monoisotopic (exact) mass is 356 g/mol. The van der Waals surface area contributed by atoms with Gasteiger partial charge in [-0.15, -0.1) is 0 Å². The SMILES string of the molecule is Cn1ccnc1C(=O)N[C@H]1C[C@@H](F)CN(C(=O)/C=C/c2ccccc2)C1. The van der Waals surface area contributed by atoms with Crippen LogP contribution in [0.25, 0.3) is 6.08 Å². The molecule has 1 aromatic heterocycles. The van der Waals surface area contributed by atoms with Crippen LogP contribution >= 0.6 is 0 Å². The second kappa shape index (κ2) is 7.95. The zero-order chi connectivity index (χ0) is 18.5. The van der Waals surface area contributed by atoms with Crippen molar-refractivity contribution in [2.75, 3.05) is 13.1 Å². The van der Waals surface area contributed by atoms with Gasteiger partial charge in [0.05, 0.1) is 6.54 Å². The lowest BCUT2D eigenvalue weighted by Crippen LogP contribution is -2.53. The lowest BCUT2D eigenvalue weighted by molar-refractivity contribution is -0.128. The molecule has 7 heteroatoms. The number of carbonyl (C=O) groups is 2. The van der Waals surface area contributed by atoms with Crippen molar-refractivity contribution in [1.82, 2.24) is 19.8 Å². The number of likely N-dealkylation sites (tertiary alicyclic amines) is 1. The molecule has 0 bridgehead atoms. The summed E-state index contributed by atoms with van der Waals surface area (Å²) in [5, 5.41) is 2.77. The minimum absolute atomic E-state index is 0.0345. The van der Waals surface area contributed by atoms with Gasteiger partial charge in [0.2, 0.25) is 5.91 Å². The Labute approximate surface area is 151 Å². The zero-order valence-electron chi connectivity index (χ0n) is 14.5. The first-order valence-electron chi connectivity index (χ1n) is 8.47. The molecule has 1 aliphatic rings. The van der Waals surface area contributed by atoms with E-state index in [4.69, 9.17) is 0 Å². The van der Waals surface area contributed by atoms with Crippen LogP contribution in [0.3, 0.4) is 0 Å². The van der Waals surface area contributed by atoms with E-state index < -0.39 is 12.2 Å². The highest BCUT2D eigenvalue weighted by Crippen LogP contribution is 2.15. The van der Waals surface area contributed by atoms with E-state index in [1.54, 1.807) is 23.9 Å². The second-order valence-corrected chi connectivity index (χ2v) is 6.35. The van der Waals surface area contributed by atoms with Crippen LogP contribution in [-0.4, -0.2) is 51.6 Å². The molecule has 0 unspecified atom stereocenters. The summed E-state index contributed by atoms with van der Waals surface area (Å²) in [4.78, 5) is 30.0. The van der Waals surface area contributed by atoms with Crippen molar-refractivity contribution in [2.45, 2.75) is 18.6 Å². The number of piperidine rings is 1. The maximum atomic E-state index is 14.1. The number of amides is 2. The average Bonchev–Trinajstić information content (AvgIpc) is 3.06. The first kappa shape index (κ1) is 17.8. The summed E-state index contributed by atoms with van der Waals surface area (Å²) < 4.78 is 15.7. The number of halogens is 1. The van der Waals surface area contributed by atoms with E-state index in [-0.39, 0.29) is 37.1 Å². The number of rotatable bonds is 4. The van der Waals surface area contributed by atoms with Crippen molar-refractivity contribution in [1.29, 1.82) is 0 Å². The number of hydrogen-bond acceptors (Lipinski definition) is 3. The summed E-state index contributed by atoms with van der Waals surface area (Å²) in [7, 11) is 1.71. The van der Waals surface area contributed by atoms with E-state index in [0.29, 0.717) is 0 Å². The van der Waals surface area contributed by atoms with Crippen LogP contribution in [0.2, 0.25) is 0 Å². The molecule has 0 radical (unpaired) electrons. The molecule has 0 aliphatic carbocycles. The van der Waals surface area contributed by atoms with E-state index in [9.17, 15) is 14.0 Å². The third kappa shape index (κ3) is 4.36. The molecule has 0 spiro atoms. The molecular weight excluding hydrogens is 335 g/mol. The number of hydrogen-bond donors (Lipinski definition) is 1. The number of carbonyl (C=O) groups excluding carboxylic acids is 2. The van der Waals surface area contributed by atoms with Gasteiger partial charge in [-0.05, 0) is 11.6 Å². The summed E-state index contributed by atoms with van der Waals surface area (Å²) in [6.45, 7) is 0.307. The molecule has 1 aromatic carbocycles. The summed E-state index contributed by atoms with van der Waals surface area (Å²) in [6, 6.07) is 8.98. The smallest absolute Gasteiger partial charge is 0.287 e. The van der Waals surface area contributed by atoms with Gasteiger partial charge in [-0.2, -0.15) is 0 Å². The first-order chi connectivity index (χ1) is 12.5. The van der Waals surface area contributed by atoms with Crippen molar-refractivity contribution >= 4 is 17.9 Å². The molecule has 6 nitrogen and oxygen atoms in total. The number of nitrogens with one attached hydrogen (secondary N) is 1. The lowest BCUT2D eigenvalue weighted by Gasteiger charge is -2.34. The Morgan fingerprint density at radius 2 is 2.04 bits per heavy atom. The van der Waals surface area contributed by atoms with Crippen LogP contribution in [0.1, 0.15) is 22.6 Å². The second-order valence-electron chi connectivity index (χ2n) is 6.35. The molecule has 1 aliphatic heterocycles. The minimum Gasteiger partial charge on any atom is -0.345 e. The molecule has 2 aromatic rings. The number of benzene rings is 1. The molecule has 1 N–H and O–H groups in total. The number of imidazole rings is 1. The van der Waals surface area contributed by atoms with E-state index >= 15 is 0 Å². The van der Waals surface area contributed by atoms with Gasteiger partial charge >= 0.3 is 0 Å². The Morgan fingerprint density at radius 3 is 2.73 bits per heavy atom. The van der Waals surface area contributed by atoms with Crippen LogP contribution < -0.4 is 5.32 Å². The molecule has 0 saturated carbocycles. The molecule has 26 heavy (non-hydrogen) atoms. The van der Waals surface area contributed by atoms with Gasteiger partial charge in [0.15, 0.2) is 5.82 Å². The van der Waals surface area contributed by atoms with Crippen molar-refractivity contribution in [3.63, 3.8) is 0 Å². The quantitative estimate of drug-likeness (QED) is 0.850. The fourth-order valence-corrected chi connectivity index (χ4v) is 2.99. The Balaban J connectivity index is 1.62. The Kier molecular flexibility index (Phi) is 5.46. The number of nitrogens with zero attached hydrogens (tertiary/aromatic N) is 3. The third-order valence-electron chi connectivity index (χ3n) is 4.29. The highest BCUT2D eigenvalue weighted by Gasteiger charge is 2.30. The fourth-order valence-electron chi connectivity index (χ4n) is 2.99. The minimum atomic E-state index is -1.18. The maximum Gasteiger partial charge on any atom is 0.287 e. The average molecular weight is 356 g/mol. The summed E-state index contributed by atoms with van der Waals surface area (Å²) in [6.07, 6.45) is 5.33. The standard InChI is InChI=1S/C19H21FN4O2/c1-23-10-9-21-18(23)19(26)22-16-11-15(20)12-24(13-16)17(25)8-7-14-5-3-2-4-6-14/h2-10,15-16H,11-13H2,1H3,(H,22,26)/b8-7+/t15-,16+/m1/s1. The predicted octanol–water partition coefficient (Wildman–Crippen LogP) is 1.80. The zero-order valence-corrected chi connectivity index (χ0v) is 14.5. The van der Waals surface area contributed by atoms with E-state index in [2.05, 4.69) is 10.3 Å². The van der Waals surface area contributed by atoms with Crippen molar-refractivity contribution in [3.8, 4) is 0 Å². The molecule has 1 fully saturated rings. The highest BCUT2D eigenvalue weighted by atomic mass is 19.1. The predicted molar refractivity (Wildman–Crippen MR) is 96.0 cm³/mol. The summed E-state index contributed by atoms with van der Waals surface area (Å²) in [5.41, 5.74) is 0.897. The largest absolute Gasteiger partial charge is 0.345 e. The fraction of sp³-hybridized carbons (Fsp3) is 0.316. The molecule has 136 valence electrons. The summed E-state index contributed by atoms with van der Waals surface area (Å²) in [5.74, 6) is -0.385. The van der Waals surface area contributed by atoms with Crippen molar-refractivity contribution in [2.24, 2.45) is 7.05 Å². The van der Waals surface area contributed by atoms with Crippen LogP contribution in [0.5, 0.6) is 0 Å². The van der Waals surface area contributed by atoms with Crippen LogP contribution in [0.4, 0.5) is 4.39 Å². The van der Waals surface area contributed by atoms with Gasteiger partial charge in [-0.1, -0.05) is 30.3 Å². The highest BCUT2D eigenvalue weighted by molar-refractivity contribution is 5.92. The van der Waals surface area contributed by atoms with Crippen molar-refractivity contribution < 1.29 is 14.0 Å². The lowest BCUT2D eigenvalue weighted by atomic mass is 10.0. The van der Waals surface area contributed by atoms with Gasteiger partial charge in [0.1, 0.15) is 6.17 Å². The van der Waals surface area contributed by atoms with Gasteiger partial charge in [-0.25, -0.2) is 9.37 Å². The molecule has 2 heterocycles. The van der Waals surface area contributed by atoms with E-state index in [1.807, 2.05) is 30.3 Å². The molecule has 1 saturated heterocycles. The Bertz CT molecular complexity index is 803. The first-order valence-corrected chi connectivity index (χ1v) is 8.47. The van der Waals surface area contributed by atoms with Crippen molar-refractivity contribution in [3.05, 3.63) is 60.2 Å². The topological polar surface area (TPSA) is 67.2 Å². The Morgan fingerprint density at radius 1 is 1.27 bits per heavy atom. The molecular formula is C19H21FN4O2. The van der Waals surface area contributed by atoms with Gasteiger partial charge in [0.25, 0.3) is 5.91 Å². The maximum absolute atomic E-state index is 14.1. The van der Waals surface area contributed by atoms with E-state index in [0.717, 1.165) is 5.56 Å². The number of alkyl halides is 1. The number of aromatic nitrogens is 2. The molecule has 3 rings (SSSR count). The van der Waals surface area contributed by atoms with Crippen LogP contribution in [0.15, 0.2) is 48.8 Å². The number of aryl methyl sites for hydroxylation is 1. The van der Waals surface area contributed by atoms with Gasteiger partial charge < -0.3 is 14.8 Å². The van der Waals surface area contributed by atoms with Crippen LogP contribution in [0, 0.1) is 0 Å². The van der Waals surface area contributed by atoms with E-state index in [1.165, 1.54) is 17.2 Å². The molecule has 2 atom stereocenters. The van der Waals surface area contributed by atoms with Gasteiger partial charge in [0, 0.05) is 44.5 Å². The van der Waals surface area contributed by atoms with Gasteiger partial charge in [-0.3, -0.25) is 9.59 Å². The third-order valence-corrected chi connectivity index (χ3v) is 4.29.